The van der Waals surface area contributed by atoms with Gasteiger partial charge in [0.1, 0.15) is 16.8 Å². The largest absolute Gasteiger partial charge is 0.497 e. The van der Waals surface area contributed by atoms with Crippen molar-refractivity contribution >= 4 is 28.7 Å². The van der Waals surface area contributed by atoms with Gasteiger partial charge in [-0.25, -0.2) is 4.98 Å². The van der Waals surface area contributed by atoms with E-state index in [0.717, 1.165) is 19.3 Å². The van der Waals surface area contributed by atoms with Crippen molar-refractivity contribution in [2.75, 3.05) is 7.11 Å². The summed E-state index contributed by atoms with van der Waals surface area (Å²) >= 11 is 0. The van der Waals surface area contributed by atoms with Crippen molar-refractivity contribution in [1.82, 2.24) is 15.6 Å². The highest BCUT2D eigenvalue weighted by Gasteiger charge is 2.42. The molecule has 1 fully saturated rings. The first kappa shape index (κ1) is 24.4. The van der Waals surface area contributed by atoms with Crippen LogP contribution in [0.4, 0.5) is 0 Å². The normalized spacial score (nSPS) is 15.8. The van der Waals surface area contributed by atoms with E-state index in [4.69, 9.17) is 9.15 Å². The van der Waals surface area contributed by atoms with Crippen LogP contribution in [0.2, 0.25) is 0 Å². The van der Waals surface area contributed by atoms with Crippen LogP contribution in [0.1, 0.15) is 72.9 Å². The Labute approximate surface area is 204 Å². The van der Waals surface area contributed by atoms with Crippen molar-refractivity contribution in [3.05, 3.63) is 60.0 Å². The molecule has 1 aliphatic carbocycles. The highest BCUT2D eigenvalue weighted by atomic mass is 16.5. The molecule has 0 aliphatic heterocycles. The second-order valence-corrected chi connectivity index (χ2v) is 8.99. The Morgan fingerprint density at radius 1 is 1.06 bits per heavy atom. The van der Waals surface area contributed by atoms with Gasteiger partial charge in [-0.1, -0.05) is 44.7 Å². The number of ketones is 1. The molecular weight excluding hydrogens is 446 g/mol. The van der Waals surface area contributed by atoms with Crippen LogP contribution in [0, 0.1) is 0 Å². The molecule has 35 heavy (non-hydrogen) atoms. The summed E-state index contributed by atoms with van der Waals surface area (Å²) in [6.07, 6.45) is 4.76. The van der Waals surface area contributed by atoms with Crippen LogP contribution < -0.4 is 15.4 Å². The van der Waals surface area contributed by atoms with E-state index >= 15 is 0 Å². The quantitative estimate of drug-likeness (QED) is 0.441. The van der Waals surface area contributed by atoms with Crippen molar-refractivity contribution < 1.29 is 23.5 Å². The molecule has 1 atom stereocenters. The van der Waals surface area contributed by atoms with Gasteiger partial charge in [0, 0.05) is 5.56 Å². The molecule has 1 aliphatic rings. The molecule has 8 nitrogen and oxygen atoms in total. The molecule has 0 bridgehead atoms. The molecule has 1 aromatic heterocycles. The maximum Gasteiger partial charge on any atom is 0.266 e. The van der Waals surface area contributed by atoms with E-state index in [1.54, 1.807) is 43.5 Å². The minimum absolute atomic E-state index is 0.0232. The predicted molar refractivity (Wildman–Crippen MR) is 131 cm³/mol. The SMILES string of the molecule is CCC[C@H](NC(=O)C1(NC(=O)c2ccc(OC)cc2)CCCCC1)C(=O)c1nc2ccccc2o1. The maximum absolute atomic E-state index is 13.6. The summed E-state index contributed by atoms with van der Waals surface area (Å²) in [6, 6.07) is 13.1. The van der Waals surface area contributed by atoms with Crippen molar-refractivity contribution in [3.63, 3.8) is 0 Å². The standard InChI is InChI=1S/C27H31N3O5/c1-3-9-21(23(31)25-28-20-10-5-6-11-22(20)35-25)29-26(33)27(16-7-4-8-17-27)30-24(32)18-12-14-19(34-2)15-13-18/h5-6,10-15,21H,3-4,7-9,16-17H2,1-2H3,(H,29,33)(H,30,32)/t21-/m0/s1. The number of rotatable bonds is 9. The summed E-state index contributed by atoms with van der Waals surface area (Å²) in [5.74, 6) is -0.426. The van der Waals surface area contributed by atoms with E-state index in [2.05, 4.69) is 15.6 Å². The second-order valence-electron chi connectivity index (χ2n) is 8.99. The van der Waals surface area contributed by atoms with Crippen LogP contribution >= 0.6 is 0 Å². The summed E-state index contributed by atoms with van der Waals surface area (Å²) < 4.78 is 10.8. The molecule has 4 rings (SSSR count). The van der Waals surface area contributed by atoms with Crippen LogP contribution in [-0.2, 0) is 4.79 Å². The Kier molecular flexibility index (Phi) is 7.48. The van der Waals surface area contributed by atoms with E-state index in [9.17, 15) is 14.4 Å². The molecular formula is C27H31N3O5. The average Bonchev–Trinajstić information content (AvgIpc) is 3.33. The van der Waals surface area contributed by atoms with Crippen LogP contribution in [0.5, 0.6) is 5.75 Å². The zero-order valence-corrected chi connectivity index (χ0v) is 20.1. The van der Waals surface area contributed by atoms with E-state index in [0.29, 0.717) is 48.1 Å². The Morgan fingerprint density at radius 3 is 2.43 bits per heavy atom. The second kappa shape index (κ2) is 10.7. The number of nitrogens with zero attached hydrogens (tertiary/aromatic N) is 1. The number of methoxy groups -OCH3 is 1. The number of hydrogen-bond acceptors (Lipinski definition) is 6. The molecule has 0 saturated heterocycles. The van der Waals surface area contributed by atoms with Gasteiger partial charge < -0.3 is 19.8 Å². The first-order chi connectivity index (χ1) is 17.0. The molecule has 0 unspecified atom stereocenters. The van der Waals surface area contributed by atoms with Gasteiger partial charge in [-0.05, 0) is 55.7 Å². The highest BCUT2D eigenvalue weighted by Crippen LogP contribution is 2.30. The minimum atomic E-state index is -1.08. The fraction of sp³-hybridized carbons (Fsp3) is 0.407. The average molecular weight is 478 g/mol. The number of carbonyl (C=O) groups excluding carboxylic acids is 3. The number of oxazole rings is 1. The third kappa shape index (κ3) is 5.37. The Hall–Kier alpha value is -3.68. The van der Waals surface area contributed by atoms with Gasteiger partial charge in [0.05, 0.1) is 13.2 Å². The number of benzene rings is 2. The molecule has 184 valence electrons. The van der Waals surface area contributed by atoms with Gasteiger partial charge in [0.2, 0.25) is 11.7 Å². The van der Waals surface area contributed by atoms with Gasteiger partial charge in [-0.15, -0.1) is 0 Å². The van der Waals surface area contributed by atoms with Crippen LogP contribution in [-0.4, -0.2) is 41.3 Å². The molecule has 1 saturated carbocycles. The van der Waals surface area contributed by atoms with Gasteiger partial charge in [0.25, 0.3) is 11.8 Å². The number of para-hydroxylation sites is 2. The van der Waals surface area contributed by atoms with E-state index in [-0.39, 0.29) is 23.5 Å². The van der Waals surface area contributed by atoms with Crippen LogP contribution in [0.25, 0.3) is 11.1 Å². The molecule has 3 aromatic rings. The van der Waals surface area contributed by atoms with Crippen LogP contribution in [0.15, 0.2) is 52.9 Å². The van der Waals surface area contributed by atoms with Crippen molar-refractivity contribution in [2.45, 2.75) is 63.5 Å². The van der Waals surface area contributed by atoms with Gasteiger partial charge >= 0.3 is 0 Å². The number of ether oxygens (including phenoxy) is 1. The summed E-state index contributed by atoms with van der Waals surface area (Å²) in [7, 11) is 1.56. The summed E-state index contributed by atoms with van der Waals surface area (Å²) in [6.45, 7) is 1.94. The molecule has 0 spiro atoms. The smallest absolute Gasteiger partial charge is 0.266 e. The number of Topliss-reactive ketones (excluding diaryl/α,β-unsaturated/α-hetero) is 1. The Morgan fingerprint density at radius 2 is 1.77 bits per heavy atom. The van der Waals surface area contributed by atoms with Gasteiger partial charge in [-0.3, -0.25) is 14.4 Å². The van der Waals surface area contributed by atoms with E-state index in [1.165, 1.54) is 0 Å². The lowest BCUT2D eigenvalue weighted by Gasteiger charge is -2.37. The van der Waals surface area contributed by atoms with E-state index in [1.807, 2.05) is 19.1 Å². The fourth-order valence-electron chi connectivity index (χ4n) is 4.58. The number of fused-ring (bicyclic) bond motifs is 1. The molecule has 2 aromatic carbocycles. The summed E-state index contributed by atoms with van der Waals surface area (Å²) in [4.78, 5) is 44.3. The zero-order chi connectivity index (χ0) is 24.8. The summed E-state index contributed by atoms with van der Waals surface area (Å²) in [5, 5.41) is 5.91. The number of hydrogen-bond donors (Lipinski definition) is 2. The molecule has 2 amide bonds. The maximum atomic E-state index is 13.6. The summed E-state index contributed by atoms with van der Waals surface area (Å²) in [5.41, 5.74) is 0.472. The minimum Gasteiger partial charge on any atom is -0.497 e. The number of amides is 2. The van der Waals surface area contributed by atoms with Gasteiger partial charge in [-0.2, -0.15) is 0 Å². The predicted octanol–water partition coefficient (Wildman–Crippen LogP) is 4.44. The lowest BCUT2D eigenvalue weighted by atomic mass is 9.80. The van der Waals surface area contributed by atoms with Crippen LogP contribution in [0.3, 0.4) is 0 Å². The Balaban J connectivity index is 1.54. The van der Waals surface area contributed by atoms with Crippen molar-refractivity contribution in [3.8, 4) is 5.75 Å². The lowest BCUT2D eigenvalue weighted by molar-refractivity contribution is -0.129. The molecule has 1 heterocycles. The third-order valence-electron chi connectivity index (χ3n) is 6.55. The number of carbonyl (C=O) groups is 3. The highest BCUT2D eigenvalue weighted by molar-refractivity contribution is 6.03. The molecule has 8 heteroatoms. The molecule has 2 N–H and O–H groups in total. The van der Waals surface area contributed by atoms with Crippen molar-refractivity contribution in [2.24, 2.45) is 0 Å². The number of nitrogens with one attached hydrogen (secondary N) is 2. The van der Waals surface area contributed by atoms with Crippen molar-refractivity contribution in [1.29, 1.82) is 0 Å². The lowest BCUT2D eigenvalue weighted by Crippen LogP contribution is -2.62. The Bertz CT molecular complexity index is 1160. The van der Waals surface area contributed by atoms with E-state index < -0.39 is 11.6 Å². The third-order valence-corrected chi connectivity index (χ3v) is 6.55. The van der Waals surface area contributed by atoms with Gasteiger partial charge in [0.15, 0.2) is 5.58 Å². The first-order valence-corrected chi connectivity index (χ1v) is 12.1. The topological polar surface area (TPSA) is 111 Å². The molecule has 0 radical (unpaired) electrons. The first-order valence-electron chi connectivity index (χ1n) is 12.1. The monoisotopic (exact) mass is 477 g/mol. The number of aromatic nitrogens is 1. The fourth-order valence-corrected chi connectivity index (χ4v) is 4.58. The zero-order valence-electron chi connectivity index (χ0n) is 20.1.